The number of anilines is 1. The third-order valence-electron chi connectivity index (χ3n) is 4.85. The lowest BCUT2D eigenvalue weighted by Gasteiger charge is -2.13. The van der Waals surface area contributed by atoms with Crippen LogP contribution in [0.1, 0.15) is 33.0 Å². The zero-order valence-electron chi connectivity index (χ0n) is 19.5. The number of nitriles is 1. The number of nitrogens with zero attached hydrogens (tertiary/aromatic N) is 3. The largest absolute Gasteiger partial charge is 0.491 e. The molecule has 0 aliphatic carbocycles. The zero-order chi connectivity index (χ0) is 26.8. The summed E-state index contributed by atoms with van der Waals surface area (Å²) in [6.07, 6.45) is -3.08. The molecule has 2 heterocycles. The highest BCUT2D eigenvalue weighted by Crippen LogP contribution is 2.27. The molecule has 0 atom stereocenters. The number of ether oxygens (including phenoxy) is 1. The molecule has 0 saturated heterocycles. The summed E-state index contributed by atoms with van der Waals surface area (Å²) in [4.78, 5) is 29.1. The minimum absolute atomic E-state index is 0.0441. The van der Waals surface area contributed by atoms with Crippen molar-refractivity contribution < 1.29 is 22.7 Å². The van der Waals surface area contributed by atoms with Crippen LogP contribution in [0.25, 0.3) is 0 Å². The molecular weight excluding hydrogens is 489 g/mol. The van der Waals surface area contributed by atoms with E-state index >= 15 is 0 Å². The van der Waals surface area contributed by atoms with Crippen molar-refractivity contribution in [2.45, 2.75) is 19.5 Å². The number of aromatic nitrogens is 4. The molecule has 0 radical (unpaired) electrons. The number of H-pyrrole nitrogens is 2. The van der Waals surface area contributed by atoms with Crippen molar-refractivity contribution in [1.29, 1.82) is 5.26 Å². The molecule has 3 N–H and O–H groups in total. The number of pyridine rings is 1. The van der Waals surface area contributed by atoms with Gasteiger partial charge in [-0.15, -0.1) is 0 Å². The van der Waals surface area contributed by atoms with Gasteiger partial charge in [0, 0.05) is 18.2 Å². The van der Waals surface area contributed by atoms with Crippen LogP contribution in [0.4, 0.5) is 18.9 Å². The SMILES string of the molecule is Cc1ccccc1C(=O)Nc1ccccc1OCCc1n[nH]c(=O)[nH]1.N#Cc1ccnc(C(F)(F)F)c1. The molecule has 0 aliphatic heterocycles. The van der Waals surface area contributed by atoms with Crippen LogP contribution in [-0.4, -0.2) is 32.7 Å². The number of halogens is 3. The van der Waals surface area contributed by atoms with E-state index < -0.39 is 11.9 Å². The van der Waals surface area contributed by atoms with Gasteiger partial charge < -0.3 is 10.1 Å². The summed E-state index contributed by atoms with van der Waals surface area (Å²) in [5.41, 5.74) is 0.679. The van der Waals surface area contributed by atoms with E-state index in [-0.39, 0.29) is 17.2 Å². The average Bonchev–Trinajstić information content (AvgIpc) is 3.30. The number of hydrogen-bond acceptors (Lipinski definition) is 6. The highest BCUT2D eigenvalue weighted by Gasteiger charge is 2.32. The van der Waals surface area contributed by atoms with Crippen LogP contribution in [0.2, 0.25) is 0 Å². The molecule has 4 rings (SSSR count). The van der Waals surface area contributed by atoms with Gasteiger partial charge in [0.15, 0.2) is 0 Å². The molecule has 0 bridgehead atoms. The fourth-order valence-corrected chi connectivity index (χ4v) is 3.05. The first-order chi connectivity index (χ1) is 17.7. The topological polar surface area (TPSA) is 137 Å². The highest BCUT2D eigenvalue weighted by molar-refractivity contribution is 6.05. The predicted octanol–water partition coefficient (Wildman–Crippen LogP) is 4.25. The first kappa shape index (κ1) is 26.7. The molecule has 37 heavy (non-hydrogen) atoms. The van der Waals surface area contributed by atoms with Crippen molar-refractivity contribution in [2.24, 2.45) is 0 Å². The standard InChI is InChI=1S/C18H18N4O3.C7H3F3N2/c1-12-6-2-3-7-13(12)17(23)19-14-8-4-5-9-15(14)25-11-10-16-20-18(24)22-21-16;8-7(9,10)6-3-5(4-11)1-2-12-6/h2-9H,10-11H2,1H3,(H,19,23)(H2,20,21,22,24);1-3H. The Bertz CT molecular complexity index is 1460. The molecular formula is C25H21F3N6O3. The number of hydrogen-bond donors (Lipinski definition) is 3. The minimum atomic E-state index is -4.48. The third kappa shape index (κ3) is 7.79. The van der Waals surface area contributed by atoms with E-state index in [9.17, 15) is 22.8 Å². The number of carbonyl (C=O) groups excluding carboxylic acids is 1. The lowest BCUT2D eigenvalue weighted by molar-refractivity contribution is -0.141. The Labute approximate surface area is 209 Å². The molecule has 9 nitrogen and oxygen atoms in total. The smallest absolute Gasteiger partial charge is 0.433 e. The Morgan fingerprint density at radius 1 is 1.14 bits per heavy atom. The van der Waals surface area contributed by atoms with Crippen molar-refractivity contribution in [2.75, 3.05) is 11.9 Å². The van der Waals surface area contributed by atoms with E-state index in [0.717, 1.165) is 11.8 Å². The van der Waals surface area contributed by atoms with E-state index in [1.54, 1.807) is 24.3 Å². The van der Waals surface area contributed by atoms with Crippen LogP contribution in [-0.2, 0) is 12.6 Å². The van der Waals surface area contributed by atoms with Gasteiger partial charge in [-0.25, -0.2) is 9.89 Å². The molecule has 0 spiro atoms. The van der Waals surface area contributed by atoms with E-state index in [1.807, 2.05) is 37.3 Å². The Kier molecular flexibility index (Phi) is 8.77. The fraction of sp³-hybridized carbons (Fsp3) is 0.160. The molecule has 0 saturated carbocycles. The van der Waals surface area contributed by atoms with Gasteiger partial charge >= 0.3 is 11.9 Å². The molecule has 0 fully saturated rings. The Balaban J connectivity index is 0.000000266. The molecule has 4 aromatic rings. The van der Waals surface area contributed by atoms with Crippen molar-refractivity contribution in [3.05, 3.63) is 106 Å². The van der Waals surface area contributed by atoms with Gasteiger partial charge in [0.25, 0.3) is 5.91 Å². The van der Waals surface area contributed by atoms with E-state index in [2.05, 4.69) is 25.5 Å². The summed E-state index contributed by atoms with van der Waals surface area (Å²) in [5.74, 6) is 0.888. The number of para-hydroxylation sites is 2. The first-order valence-electron chi connectivity index (χ1n) is 10.8. The molecule has 1 amide bonds. The number of carbonyl (C=O) groups is 1. The molecule has 0 aliphatic rings. The van der Waals surface area contributed by atoms with Crippen LogP contribution in [0, 0.1) is 18.3 Å². The number of nitrogens with one attached hydrogen (secondary N) is 3. The summed E-state index contributed by atoms with van der Waals surface area (Å²) < 4.78 is 41.5. The van der Waals surface area contributed by atoms with Crippen molar-refractivity contribution >= 4 is 11.6 Å². The van der Waals surface area contributed by atoms with Gasteiger partial charge in [0.05, 0.1) is 23.9 Å². The van der Waals surface area contributed by atoms with Crippen LogP contribution < -0.4 is 15.7 Å². The number of amides is 1. The fourth-order valence-electron chi connectivity index (χ4n) is 3.05. The quantitative estimate of drug-likeness (QED) is 0.355. The third-order valence-corrected chi connectivity index (χ3v) is 4.85. The number of aromatic amines is 2. The summed E-state index contributed by atoms with van der Waals surface area (Å²) in [5, 5.41) is 17.3. The summed E-state index contributed by atoms with van der Waals surface area (Å²) in [7, 11) is 0. The van der Waals surface area contributed by atoms with E-state index in [4.69, 9.17) is 10.00 Å². The molecule has 190 valence electrons. The van der Waals surface area contributed by atoms with Crippen LogP contribution >= 0.6 is 0 Å². The van der Waals surface area contributed by atoms with Gasteiger partial charge in [-0.05, 0) is 42.8 Å². The molecule has 2 aromatic carbocycles. The van der Waals surface area contributed by atoms with Gasteiger partial charge in [-0.1, -0.05) is 30.3 Å². The molecule has 0 unspecified atom stereocenters. The molecule has 12 heteroatoms. The first-order valence-corrected chi connectivity index (χ1v) is 10.8. The van der Waals surface area contributed by atoms with Crippen LogP contribution in [0.15, 0.2) is 71.7 Å². The van der Waals surface area contributed by atoms with Crippen LogP contribution in [0.3, 0.4) is 0 Å². The number of aryl methyl sites for hydroxylation is 1. The summed E-state index contributed by atoms with van der Waals surface area (Å²) >= 11 is 0. The van der Waals surface area contributed by atoms with E-state index in [0.29, 0.717) is 41.9 Å². The normalized spacial score (nSPS) is 10.6. The number of benzene rings is 2. The second kappa shape index (κ2) is 12.2. The highest BCUT2D eigenvalue weighted by atomic mass is 19.4. The predicted molar refractivity (Wildman–Crippen MR) is 128 cm³/mol. The lowest BCUT2D eigenvalue weighted by atomic mass is 10.1. The second-order valence-corrected chi connectivity index (χ2v) is 7.53. The van der Waals surface area contributed by atoms with Gasteiger partial charge in [-0.3, -0.25) is 14.8 Å². The van der Waals surface area contributed by atoms with Crippen molar-refractivity contribution in [3.8, 4) is 11.8 Å². The van der Waals surface area contributed by atoms with Gasteiger partial charge in [-0.2, -0.15) is 23.5 Å². The zero-order valence-corrected chi connectivity index (χ0v) is 19.5. The summed E-state index contributed by atoms with van der Waals surface area (Å²) in [6.45, 7) is 2.21. The Hall–Kier alpha value is -4.92. The average molecular weight is 510 g/mol. The monoisotopic (exact) mass is 510 g/mol. The van der Waals surface area contributed by atoms with Gasteiger partial charge in [0.1, 0.15) is 17.3 Å². The maximum absolute atomic E-state index is 12.5. The number of rotatable bonds is 6. The van der Waals surface area contributed by atoms with Crippen molar-refractivity contribution in [3.63, 3.8) is 0 Å². The Morgan fingerprint density at radius 3 is 2.54 bits per heavy atom. The second-order valence-electron chi connectivity index (χ2n) is 7.53. The maximum atomic E-state index is 12.5. The maximum Gasteiger partial charge on any atom is 0.433 e. The van der Waals surface area contributed by atoms with E-state index in [1.165, 1.54) is 6.07 Å². The van der Waals surface area contributed by atoms with Gasteiger partial charge in [0.2, 0.25) is 0 Å². The number of alkyl halides is 3. The minimum Gasteiger partial charge on any atom is -0.491 e. The summed E-state index contributed by atoms with van der Waals surface area (Å²) in [6, 6.07) is 18.1. The Morgan fingerprint density at radius 2 is 1.86 bits per heavy atom. The lowest BCUT2D eigenvalue weighted by Crippen LogP contribution is -2.14. The molecule has 2 aromatic heterocycles. The van der Waals surface area contributed by atoms with Crippen molar-refractivity contribution in [1.82, 2.24) is 20.2 Å². The van der Waals surface area contributed by atoms with Crippen LogP contribution in [0.5, 0.6) is 5.75 Å².